The molecule has 7 heteroatoms. The highest BCUT2D eigenvalue weighted by Gasteiger charge is 2.22. The van der Waals surface area contributed by atoms with Crippen LogP contribution < -0.4 is 16.2 Å². The quantitative estimate of drug-likeness (QED) is 0.722. The van der Waals surface area contributed by atoms with Crippen molar-refractivity contribution in [3.8, 4) is 0 Å². The topological polar surface area (TPSA) is 104 Å². The average Bonchev–Trinajstić information content (AvgIpc) is 2.62. The lowest BCUT2D eigenvalue weighted by atomic mass is 10.1. The Labute approximate surface area is 145 Å². The van der Waals surface area contributed by atoms with Crippen LogP contribution >= 0.6 is 0 Å². The fourth-order valence-corrected chi connectivity index (χ4v) is 2.51. The van der Waals surface area contributed by atoms with Gasteiger partial charge >= 0.3 is 0 Å². The van der Waals surface area contributed by atoms with Crippen molar-refractivity contribution in [3.05, 3.63) is 63.3 Å². The first-order valence-electron chi connectivity index (χ1n) is 8.10. The smallest absolute Gasteiger partial charge is 0.254 e. The van der Waals surface area contributed by atoms with Gasteiger partial charge in [0.2, 0.25) is 11.8 Å². The van der Waals surface area contributed by atoms with E-state index < -0.39 is 11.9 Å². The number of aromatic amines is 1. The lowest BCUT2D eigenvalue weighted by Crippen LogP contribution is -2.40. The van der Waals surface area contributed by atoms with Gasteiger partial charge < -0.3 is 15.6 Å². The van der Waals surface area contributed by atoms with E-state index in [-0.39, 0.29) is 17.9 Å². The second-order valence-corrected chi connectivity index (χ2v) is 5.63. The number of rotatable bonds is 6. The minimum atomic E-state index is -0.819. The highest BCUT2D eigenvalue weighted by atomic mass is 16.2. The first kappa shape index (κ1) is 18.4. The van der Waals surface area contributed by atoms with Crippen LogP contribution in [0.3, 0.4) is 0 Å². The molecule has 0 fully saturated rings. The molecule has 1 atom stereocenters. The Balaban J connectivity index is 2.20. The number of hydrogen-bond donors (Lipinski definition) is 3. The molecule has 2 amide bonds. The SMILES string of the molecule is CCc1nc(C)c(CC(=O)NC(C(=O)NC)c2ccccc2)c(=O)[nH]1. The Morgan fingerprint density at radius 1 is 1.24 bits per heavy atom. The molecule has 1 unspecified atom stereocenters. The first-order chi connectivity index (χ1) is 12.0. The summed E-state index contributed by atoms with van der Waals surface area (Å²) >= 11 is 0. The Kier molecular flexibility index (Phi) is 6.05. The highest BCUT2D eigenvalue weighted by molar-refractivity contribution is 5.89. The molecule has 2 aromatic rings. The number of hydrogen-bond acceptors (Lipinski definition) is 4. The normalized spacial score (nSPS) is 11.6. The standard InChI is InChI=1S/C18H22N4O3/c1-4-14-20-11(2)13(17(24)21-14)10-15(23)22-16(18(25)19-3)12-8-6-5-7-9-12/h5-9,16H,4,10H2,1-3H3,(H,19,25)(H,22,23)(H,20,21,24). The van der Waals surface area contributed by atoms with Crippen LogP contribution in [0.5, 0.6) is 0 Å². The van der Waals surface area contributed by atoms with E-state index in [4.69, 9.17) is 0 Å². The molecule has 132 valence electrons. The summed E-state index contributed by atoms with van der Waals surface area (Å²) in [5.41, 5.74) is 1.17. The van der Waals surface area contributed by atoms with Gasteiger partial charge in [0, 0.05) is 24.7 Å². The van der Waals surface area contributed by atoms with E-state index in [1.54, 1.807) is 31.2 Å². The van der Waals surface area contributed by atoms with Gasteiger partial charge in [0.05, 0.1) is 6.42 Å². The van der Waals surface area contributed by atoms with Crippen molar-refractivity contribution < 1.29 is 9.59 Å². The minimum Gasteiger partial charge on any atom is -0.357 e. The first-order valence-corrected chi connectivity index (χ1v) is 8.10. The summed E-state index contributed by atoms with van der Waals surface area (Å²) in [4.78, 5) is 43.6. The van der Waals surface area contributed by atoms with Gasteiger partial charge in [-0.1, -0.05) is 37.3 Å². The molecule has 0 aliphatic heterocycles. The van der Waals surface area contributed by atoms with E-state index in [2.05, 4.69) is 20.6 Å². The van der Waals surface area contributed by atoms with Crippen molar-refractivity contribution >= 4 is 11.8 Å². The molecule has 0 radical (unpaired) electrons. The summed E-state index contributed by atoms with van der Waals surface area (Å²) in [6, 6.07) is 8.11. The third-order valence-electron chi connectivity index (χ3n) is 3.89. The van der Waals surface area contributed by atoms with Crippen molar-refractivity contribution in [2.24, 2.45) is 0 Å². The fourth-order valence-electron chi connectivity index (χ4n) is 2.51. The number of likely N-dealkylation sites (N-methyl/N-ethyl adjacent to an activating group) is 1. The predicted octanol–water partition coefficient (Wildman–Crippen LogP) is 0.787. The van der Waals surface area contributed by atoms with Gasteiger partial charge in [-0.05, 0) is 12.5 Å². The monoisotopic (exact) mass is 342 g/mol. The van der Waals surface area contributed by atoms with Gasteiger partial charge in [-0.25, -0.2) is 4.98 Å². The van der Waals surface area contributed by atoms with Crippen LogP contribution in [0, 0.1) is 6.92 Å². The van der Waals surface area contributed by atoms with E-state index in [1.807, 2.05) is 13.0 Å². The maximum absolute atomic E-state index is 12.4. The lowest BCUT2D eigenvalue weighted by molar-refractivity contribution is -0.128. The molecule has 0 aliphatic carbocycles. The lowest BCUT2D eigenvalue weighted by Gasteiger charge is -2.18. The van der Waals surface area contributed by atoms with Crippen molar-refractivity contribution in [1.29, 1.82) is 0 Å². The molecule has 0 saturated carbocycles. The van der Waals surface area contributed by atoms with Crippen molar-refractivity contribution in [2.75, 3.05) is 7.05 Å². The summed E-state index contributed by atoms with van der Waals surface area (Å²) in [5.74, 6) is -0.166. The third-order valence-corrected chi connectivity index (χ3v) is 3.89. The van der Waals surface area contributed by atoms with E-state index in [0.29, 0.717) is 29.1 Å². The van der Waals surface area contributed by atoms with Crippen molar-refractivity contribution in [2.45, 2.75) is 32.7 Å². The number of nitrogens with zero attached hydrogens (tertiary/aromatic N) is 1. The summed E-state index contributed by atoms with van der Waals surface area (Å²) in [5, 5.41) is 5.22. The Hall–Kier alpha value is -2.96. The molecule has 0 saturated heterocycles. The minimum absolute atomic E-state index is 0.140. The van der Waals surface area contributed by atoms with Crippen LogP contribution in [0.1, 0.15) is 35.6 Å². The molecule has 1 aromatic heterocycles. The number of carbonyl (C=O) groups excluding carboxylic acids is 2. The van der Waals surface area contributed by atoms with E-state index in [9.17, 15) is 14.4 Å². The van der Waals surface area contributed by atoms with Gasteiger partial charge in [0.25, 0.3) is 5.56 Å². The van der Waals surface area contributed by atoms with E-state index >= 15 is 0 Å². The largest absolute Gasteiger partial charge is 0.357 e. The van der Waals surface area contributed by atoms with Gasteiger partial charge in [-0.15, -0.1) is 0 Å². The van der Waals surface area contributed by atoms with Crippen LogP contribution in [0.25, 0.3) is 0 Å². The molecule has 0 aliphatic rings. The number of aromatic nitrogens is 2. The third kappa shape index (κ3) is 4.53. The van der Waals surface area contributed by atoms with Crippen LogP contribution in [-0.2, 0) is 22.4 Å². The average molecular weight is 342 g/mol. The number of amides is 2. The second-order valence-electron chi connectivity index (χ2n) is 5.63. The zero-order valence-electron chi connectivity index (χ0n) is 14.6. The maximum Gasteiger partial charge on any atom is 0.254 e. The summed E-state index contributed by atoms with van der Waals surface area (Å²) in [7, 11) is 1.51. The Morgan fingerprint density at radius 2 is 1.92 bits per heavy atom. The van der Waals surface area contributed by atoms with Crippen molar-refractivity contribution in [1.82, 2.24) is 20.6 Å². The van der Waals surface area contributed by atoms with Gasteiger partial charge in [-0.3, -0.25) is 14.4 Å². The predicted molar refractivity (Wildman–Crippen MR) is 94.1 cm³/mol. The van der Waals surface area contributed by atoms with Crippen LogP contribution in [0.2, 0.25) is 0 Å². The zero-order valence-corrected chi connectivity index (χ0v) is 14.6. The Bertz CT molecular complexity index is 815. The molecule has 0 bridgehead atoms. The molecule has 1 aromatic carbocycles. The highest BCUT2D eigenvalue weighted by Crippen LogP contribution is 2.13. The van der Waals surface area contributed by atoms with Gasteiger partial charge in [0.1, 0.15) is 11.9 Å². The molecule has 0 spiro atoms. The van der Waals surface area contributed by atoms with E-state index in [1.165, 1.54) is 7.05 Å². The maximum atomic E-state index is 12.4. The molecular formula is C18H22N4O3. The number of H-pyrrole nitrogens is 1. The van der Waals surface area contributed by atoms with Crippen LogP contribution in [0.15, 0.2) is 35.1 Å². The molecule has 3 N–H and O–H groups in total. The molecule has 1 heterocycles. The number of carbonyl (C=O) groups is 2. The number of nitrogens with one attached hydrogen (secondary N) is 3. The second kappa shape index (κ2) is 8.23. The molecule has 25 heavy (non-hydrogen) atoms. The van der Waals surface area contributed by atoms with Gasteiger partial charge in [0.15, 0.2) is 0 Å². The van der Waals surface area contributed by atoms with Gasteiger partial charge in [-0.2, -0.15) is 0 Å². The summed E-state index contributed by atoms with van der Waals surface area (Å²) < 4.78 is 0. The molecule has 2 rings (SSSR count). The van der Waals surface area contributed by atoms with E-state index in [0.717, 1.165) is 0 Å². The Morgan fingerprint density at radius 3 is 2.48 bits per heavy atom. The van der Waals surface area contributed by atoms with Crippen molar-refractivity contribution in [3.63, 3.8) is 0 Å². The molecule has 7 nitrogen and oxygen atoms in total. The zero-order chi connectivity index (χ0) is 18.4. The molecular weight excluding hydrogens is 320 g/mol. The number of benzene rings is 1. The fraction of sp³-hybridized carbons (Fsp3) is 0.333. The number of aryl methyl sites for hydroxylation is 2. The summed E-state index contributed by atoms with van der Waals surface area (Å²) in [6.07, 6.45) is 0.466. The van der Waals surface area contributed by atoms with Crippen LogP contribution in [-0.4, -0.2) is 28.8 Å². The summed E-state index contributed by atoms with van der Waals surface area (Å²) in [6.45, 7) is 3.59. The van der Waals surface area contributed by atoms with Crippen LogP contribution in [0.4, 0.5) is 0 Å².